The number of allylic oxidation sites excluding steroid dienone is 2. The van der Waals surface area contributed by atoms with Gasteiger partial charge < -0.3 is 24.0 Å². The number of piperazine rings is 1. The molecule has 2 saturated heterocycles. The molecule has 3 aliphatic rings. The third kappa shape index (κ3) is 8.67. The molecule has 2 aliphatic heterocycles. The number of alkyl halides is 1. The van der Waals surface area contributed by atoms with Crippen LogP contribution in [0.1, 0.15) is 53.5 Å². The number of hydrogen-bond acceptors (Lipinski definition) is 9. The van der Waals surface area contributed by atoms with Crippen molar-refractivity contribution in [1.82, 2.24) is 29.1 Å². The molecule has 284 valence electrons. The van der Waals surface area contributed by atoms with E-state index in [1.165, 1.54) is 6.33 Å². The van der Waals surface area contributed by atoms with Crippen molar-refractivity contribution in [3.8, 4) is 11.4 Å². The molecular weight excluding hydrogens is 715 g/mol. The first-order chi connectivity index (χ1) is 25.7. The second-order valence-electron chi connectivity index (χ2n) is 13.5. The van der Waals surface area contributed by atoms with Gasteiger partial charge in [-0.2, -0.15) is 10.2 Å². The molecular formula is C39H50Cl2N8O4. The quantitative estimate of drug-likeness (QED) is 0.144. The van der Waals surface area contributed by atoms with Gasteiger partial charge in [-0.15, -0.1) is 11.6 Å². The molecule has 0 N–H and O–H groups in total. The van der Waals surface area contributed by atoms with Crippen LogP contribution in [0.2, 0.25) is 0 Å². The van der Waals surface area contributed by atoms with Gasteiger partial charge in [-0.25, -0.2) is 23.7 Å². The first kappa shape index (κ1) is 38.6. The fourth-order valence-corrected chi connectivity index (χ4v) is 7.54. The van der Waals surface area contributed by atoms with Crippen LogP contribution in [0.5, 0.6) is 5.75 Å². The van der Waals surface area contributed by atoms with Gasteiger partial charge in [0.1, 0.15) is 44.0 Å². The normalized spacial score (nSPS) is 23.6. The minimum Gasteiger partial charge on any atom is -0.491 e. The number of aromatic nitrogens is 6. The van der Waals surface area contributed by atoms with Crippen molar-refractivity contribution in [2.24, 2.45) is 5.92 Å². The second-order valence-corrected chi connectivity index (χ2v) is 14.4. The van der Waals surface area contributed by atoms with E-state index in [2.05, 4.69) is 56.2 Å². The lowest BCUT2D eigenvalue weighted by atomic mass is 9.92. The Morgan fingerprint density at radius 1 is 0.943 bits per heavy atom. The molecule has 4 aromatic rings. The van der Waals surface area contributed by atoms with Crippen LogP contribution in [0.25, 0.3) is 5.69 Å². The van der Waals surface area contributed by atoms with E-state index in [1.54, 1.807) is 26.6 Å². The fourth-order valence-electron chi connectivity index (χ4n) is 6.93. The molecule has 0 radical (unpaired) electrons. The molecule has 0 bridgehead atoms. The number of benzene rings is 2. The largest absolute Gasteiger partial charge is 0.491 e. The Labute approximate surface area is 321 Å². The van der Waals surface area contributed by atoms with Crippen LogP contribution in [0, 0.1) is 5.92 Å². The van der Waals surface area contributed by atoms with Gasteiger partial charge in [-0.3, -0.25) is 0 Å². The first-order valence-electron chi connectivity index (χ1n) is 18.6. The summed E-state index contributed by atoms with van der Waals surface area (Å²) in [5.41, 5.74) is 3.75. The molecule has 14 heteroatoms. The molecule has 0 spiro atoms. The molecule has 2 aromatic heterocycles. The van der Waals surface area contributed by atoms with Gasteiger partial charge in [0.2, 0.25) is 5.79 Å². The SMILES string of the molecule is CC.CCCC(C)n1ncn(-c2ccc(N3CCN(c4ccc(OCC5COC(Cn6cncn6)(C6=CC(C)C(Cl)C=C6Cl)O5)cc4)CC3)cc2)c1=O. The highest BCUT2D eigenvalue weighted by molar-refractivity contribution is 6.33. The lowest BCUT2D eigenvalue weighted by molar-refractivity contribution is -0.151. The highest BCUT2D eigenvalue weighted by atomic mass is 35.5. The van der Waals surface area contributed by atoms with Gasteiger partial charge >= 0.3 is 5.69 Å². The van der Waals surface area contributed by atoms with Crippen molar-refractivity contribution >= 4 is 34.6 Å². The lowest BCUT2D eigenvalue weighted by Crippen LogP contribution is -2.46. The van der Waals surface area contributed by atoms with Crippen molar-refractivity contribution in [3.63, 3.8) is 0 Å². The maximum atomic E-state index is 12.9. The molecule has 5 atom stereocenters. The average Bonchev–Trinajstić information content (AvgIpc) is 3.95. The number of ether oxygens (including phenoxy) is 3. The van der Waals surface area contributed by atoms with E-state index in [1.807, 2.05) is 64.1 Å². The molecule has 2 fully saturated rings. The van der Waals surface area contributed by atoms with Crippen LogP contribution in [0.3, 0.4) is 0 Å². The van der Waals surface area contributed by atoms with Crippen molar-refractivity contribution in [2.75, 3.05) is 49.2 Å². The summed E-state index contributed by atoms with van der Waals surface area (Å²) in [7, 11) is 0. The molecule has 5 unspecified atom stereocenters. The van der Waals surface area contributed by atoms with Gasteiger partial charge in [0.25, 0.3) is 0 Å². The van der Waals surface area contributed by atoms with Gasteiger partial charge in [0.15, 0.2) is 0 Å². The standard InChI is InChI=1S/C37H44Cl2N8O4.C2H6/c1-4-5-27(3)47-36(48)46(25-42-47)30-8-6-28(7-9-30)43-14-16-44(17-15-43)29-10-12-31(13-11-29)49-20-32-21-50-37(51-32,22-45-24-40-23-41-45)33-18-26(2)34(38)19-35(33)39;1-2/h6-13,18-19,23-27,32,34H,4-5,14-17,20-22H2,1-3H3;1-2H3. The van der Waals surface area contributed by atoms with Gasteiger partial charge in [0.05, 0.1) is 23.7 Å². The molecule has 0 saturated carbocycles. The molecule has 0 amide bonds. The molecule has 2 aromatic carbocycles. The van der Waals surface area contributed by atoms with Crippen molar-refractivity contribution in [1.29, 1.82) is 0 Å². The summed E-state index contributed by atoms with van der Waals surface area (Å²) in [6.07, 6.45) is 10.2. The highest BCUT2D eigenvalue weighted by Crippen LogP contribution is 2.42. The lowest BCUT2D eigenvalue weighted by Gasteiger charge is -2.37. The second kappa shape index (κ2) is 17.4. The molecule has 1 aliphatic carbocycles. The predicted molar refractivity (Wildman–Crippen MR) is 210 cm³/mol. The number of halogens is 2. The van der Waals surface area contributed by atoms with Crippen molar-refractivity contribution in [3.05, 3.63) is 101 Å². The Bertz CT molecular complexity index is 1890. The number of hydrogen-bond donors (Lipinski definition) is 0. The van der Waals surface area contributed by atoms with E-state index in [0.29, 0.717) is 24.8 Å². The minimum absolute atomic E-state index is 0.0575. The first-order valence-corrected chi connectivity index (χ1v) is 19.4. The zero-order valence-electron chi connectivity index (χ0n) is 31.1. The van der Waals surface area contributed by atoms with Crippen LogP contribution in [0.15, 0.2) is 95.1 Å². The fraction of sp³-hybridized carbons (Fsp3) is 0.487. The Kier molecular flexibility index (Phi) is 12.7. The van der Waals surface area contributed by atoms with E-state index < -0.39 is 5.79 Å². The van der Waals surface area contributed by atoms with E-state index >= 15 is 0 Å². The Balaban J connectivity index is 0.00000236. The summed E-state index contributed by atoms with van der Waals surface area (Å²) >= 11 is 13.1. The van der Waals surface area contributed by atoms with Crippen LogP contribution < -0.4 is 20.2 Å². The third-order valence-corrected chi connectivity index (χ3v) is 10.7. The van der Waals surface area contributed by atoms with E-state index in [0.717, 1.165) is 67.4 Å². The van der Waals surface area contributed by atoms with Gasteiger partial charge in [0, 0.05) is 48.2 Å². The highest BCUT2D eigenvalue weighted by Gasteiger charge is 2.48. The molecule has 7 rings (SSSR count). The minimum atomic E-state index is -1.13. The van der Waals surface area contributed by atoms with Crippen LogP contribution >= 0.6 is 23.2 Å². The Hall–Kier alpha value is -4.10. The van der Waals surface area contributed by atoms with Gasteiger partial charge in [-0.1, -0.05) is 51.8 Å². The summed E-state index contributed by atoms with van der Waals surface area (Å²) in [6, 6.07) is 16.4. The number of anilines is 2. The molecule has 12 nitrogen and oxygen atoms in total. The maximum absolute atomic E-state index is 12.9. The van der Waals surface area contributed by atoms with Crippen LogP contribution in [0.4, 0.5) is 11.4 Å². The summed E-state index contributed by atoms with van der Waals surface area (Å²) in [6.45, 7) is 14.7. The average molecular weight is 766 g/mol. The Morgan fingerprint density at radius 3 is 2.21 bits per heavy atom. The number of nitrogens with zero attached hydrogens (tertiary/aromatic N) is 8. The van der Waals surface area contributed by atoms with E-state index in [-0.39, 0.29) is 29.1 Å². The van der Waals surface area contributed by atoms with Crippen LogP contribution in [-0.4, -0.2) is 85.8 Å². The summed E-state index contributed by atoms with van der Waals surface area (Å²) in [5.74, 6) is -0.319. The van der Waals surface area contributed by atoms with E-state index in [4.69, 9.17) is 37.4 Å². The van der Waals surface area contributed by atoms with Crippen molar-refractivity contribution < 1.29 is 14.2 Å². The third-order valence-electron chi connectivity index (χ3n) is 9.83. The summed E-state index contributed by atoms with van der Waals surface area (Å²) in [4.78, 5) is 21.8. The zero-order valence-corrected chi connectivity index (χ0v) is 32.7. The monoisotopic (exact) mass is 764 g/mol. The zero-order chi connectivity index (χ0) is 37.5. The summed E-state index contributed by atoms with van der Waals surface area (Å²) in [5, 5.41) is 8.93. The topological polar surface area (TPSA) is 105 Å². The number of rotatable bonds is 12. The molecule has 4 heterocycles. The summed E-state index contributed by atoms with van der Waals surface area (Å²) < 4.78 is 23.9. The Morgan fingerprint density at radius 2 is 1.58 bits per heavy atom. The predicted octanol–water partition coefficient (Wildman–Crippen LogP) is 6.84. The van der Waals surface area contributed by atoms with E-state index in [9.17, 15) is 4.79 Å². The van der Waals surface area contributed by atoms with Crippen molar-refractivity contribution in [2.45, 2.75) is 77.3 Å². The molecule has 53 heavy (non-hydrogen) atoms. The maximum Gasteiger partial charge on any atom is 0.350 e. The van der Waals surface area contributed by atoms with Crippen LogP contribution in [-0.2, 0) is 16.0 Å². The smallest absolute Gasteiger partial charge is 0.350 e. The van der Waals surface area contributed by atoms with Gasteiger partial charge in [-0.05, 0) is 73.9 Å².